The molecule has 1 aliphatic rings. The van der Waals surface area contributed by atoms with Gasteiger partial charge in [-0.3, -0.25) is 0 Å². The first-order chi connectivity index (χ1) is 9.54. The summed E-state index contributed by atoms with van der Waals surface area (Å²) in [5, 5.41) is 3.34. The highest BCUT2D eigenvalue weighted by atomic mass is 32.2. The minimum Gasteiger partial charge on any atom is -0.316 e. The predicted octanol–water partition coefficient (Wildman–Crippen LogP) is 2.32. The van der Waals surface area contributed by atoms with Crippen LogP contribution in [0, 0.1) is 5.92 Å². The third-order valence-electron chi connectivity index (χ3n) is 3.49. The molecular weight excluding hydrogens is 292 g/mol. The van der Waals surface area contributed by atoms with Crippen LogP contribution in [0.1, 0.15) is 31.1 Å². The smallest absolute Gasteiger partial charge is 0.252 e. The largest absolute Gasteiger partial charge is 0.316 e. The topological polar surface area (TPSA) is 49.4 Å². The summed E-state index contributed by atoms with van der Waals surface area (Å²) in [5.41, 5.74) is 0. The molecule has 1 saturated carbocycles. The van der Waals surface area contributed by atoms with Gasteiger partial charge < -0.3 is 5.32 Å². The van der Waals surface area contributed by atoms with Crippen LogP contribution in [-0.4, -0.2) is 39.4 Å². The molecule has 1 aliphatic carbocycles. The van der Waals surface area contributed by atoms with E-state index in [1.807, 2.05) is 6.07 Å². The van der Waals surface area contributed by atoms with Crippen LogP contribution >= 0.6 is 11.3 Å². The molecule has 1 aromatic rings. The van der Waals surface area contributed by atoms with Crippen molar-refractivity contribution in [1.82, 2.24) is 9.62 Å². The van der Waals surface area contributed by atoms with Gasteiger partial charge in [0.05, 0.1) is 0 Å². The Morgan fingerprint density at radius 2 is 2.10 bits per heavy atom. The molecule has 0 aromatic carbocycles. The third kappa shape index (κ3) is 4.28. The SMILES string of the molecule is CCCNCCc1ccc(S(=O)(=O)N(C)CC2CC2)s1. The van der Waals surface area contributed by atoms with Gasteiger partial charge in [0.1, 0.15) is 4.21 Å². The normalized spacial score (nSPS) is 15.9. The number of nitrogens with zero attached hydrogens (tertiary/aromatic N) is 1. The van der Waals surface area contributed by atoms with E-state index in [2.05, 4.69) is 12.2 Å². The van der Waals surface area contributed by atoms with Gasteiger partial charge in [0.15, 0.2) is 0 Å². The van der Waals surface area contributed by atoms with Crippen LogP contribution < -0.4 is 5.32 Å². The maximum absolute atomic E-state index is 12.4. The lowest BCUT2D eigenvalue weighted by molar-refractivity contribution is 0.454. The Bertz CT molecular complexity index is 521. The van der Waals surface area contributed by atoms with Crippen LogP contribution in [0.5, 0.6) is 0 Å². The van der Waals surface area contributed by atoms with Crippen molar-refractivity contribution < 1.29 is 8.42 Å². The molecule has 20 heavy (non-hydrogen) atoms. The Kier molecular flexibility index (Phi) is 5.60. The third-order valence-corrected chi connectivity index (χ3v) is 6.92. The summed E-state index contributed by atoms with van der Waals surface area (Å²) < 4.78 is 26.8. The highest BCUT2D eigenvalue weighted by Crippen LogP contribution is 2.32. The molecule has 0 aliphatic heterocycles. The van der Waals surface area contributed by atoms with Gasteiger partial charge in [0.25, 0.3) is 10.0 Å². The summed E-state index contributed by atoms with van der Waals surface area (Å²) in [7, 11) is -1.59. The summed E-state index contributed by atoms with van der Waals surface area (Å²) in [6.45, 7) is 4.72. The van der Waals surface area contributed by atoms with Crippen molar-refractivity contribution in [2.75, 3.05) is 26.7 Å². The van der Waals surface area contributed by atoms with Crippen molar-refractivity contribution >= 4 is 21.4 Å². The van der Waals surface area contributed by atoms with Crippen molar-refractivity contribution in [2.24, 2.45) is 5.92 Å². The summed E-state index contributed by atoms with van der Waals surface area (Å²) in [5.74, 6) is 0.576. The number of hydrogen-bond donors (Lipinski definition) is 1. The van der Waals surface area contributed by atoms with Crippen molar-refractivity contribution in [1.29, 1.82) is 0 Å². The lowest BCUT2D eigenvalue weighted by Crippen LogP contribution is -2.28. The average Bonchev–Trinajstić information content (AvgIpc) is 3.09. The van der Waals surface area contributed by atoms with E-state index < -0.39 is 10.0 Å². The molecule has 1 heterocycles. The summed E-state index contributed by atoms with van der Waals surface area (Å²) in [6.07, 6.45) is 4.35. The molecule has 0 bridgehead atoms. The van der Waals surface area contributed by atoms with Crippen LogP contribution in [0.3, 0.4) is 0 Å². The van der Waals surface area contributed by atoms with Gasteiger partial charge >= 0.3 is 0 Å². The molecule has 1 aromatic heterocycles. The molecule has 0 unspecified atom stereocenters. The number of thiophene rings is 1. The van der Waals surface area contributed by atoms with E-state index in [9.17, 15) is 8.42 Å². The van der Waals surface area contributed by atoms with E-state index in [4.69, 9.17) is 0 Å². The van der Waals surface area contributed by atoms with Gasteiger partial charge in [0.2, 0.25) is 0 Å². The second-order valence-electron chi connectivity index (χ2n) is 5.45. The molecule has 1 fully saturated rings. The minimum absolute atomic E-state index is 0.478. The van der Waals surface area contributed by atoms with Crippen molar-refractivity contribution in [3.8, 4) is 0 Å². The molecule has 0 atom stereocenters. The zero-order valence-corrected chi connectivity index (χ0v) is 13.9. The average molecular weight is 316 g/mol. The maximum Gasteiger partial charge on any atom is 0.252 e. The Morgan fingerprint density at radius 3 is 2.75 bits per heavy atom. The van der Waals surface area contributed by atoms with E-state index >= 15 is 0 Å². The molecule has 0 radical (unpaired) electrons. The van der Waals surface area contributed by atoms with Crippen LogP contribution in [0.4, 0.5) is 0 Å². The Hall–Kier alpha value is -0.430. The van der Waals surface area contributed by atoms with Gasteiger partial charge in [0, 0.05) is 18.5 Å². The van der Waals surface area contributed by atoms with Gasteiger partial charge in [-0.1, -0.05) is 6.92 Å². The first kappa shape index (κ1) is 15.9. The number of sulfonamides is 1. The summed E-state index contributed by atoms with van der Waals surface area (Å²) in [6, 6.07) is 3.69. The van der Waals surface area contributed by atoms with Crippen LogP contribution in [0.2, 0.25) is 0 Å². The van der Waals surface area contributed by atoms with Gasteiger partial charge in [-0.2, -0.15) is 4.31 Å². The fourth-order valence-electron chi connectivity index (χ4n) is 2.06. The van der Waals surface area contributed by atoms with Crippen LogP contribution in [-0.2, 0) is 16.4 Å². The Labute approximate surface area is 126 Å². The van der Waals surface area contributed by atoms with Crippen molar-refractivity contribution in [2.45, 2.75) is 36.8 Å². The molecular formula is C14H24N2O2S2. The number of hydrogen-bond acceptors (Lipinski definition) is 4. The molecule has 2 rings (SSSR count). The molecule has 1 N–H and O–H groups in total. The number of nitrogens with one attached hydrogen (secondary N) is 1. The first-order valence-electron chi connectivity index (χ1n) is 7.29. The Balaban J connectivity index is 1.92. The van der Waals surface area contributed by atoms with E-state index in [0.717, 1.165) is 30.8 Å². The maximum atomic E-state index is 12.4. The van der Waals surface area contributed by atoms with E-state index in [1.54, 1.807) is 13.1 Å². The molecule has 0 amide bonds. The second-order valence-corrected chi connectivity index (χ2v) is 8.89. The van der Waals surface area contributed by atoms with Gasteiger partial charge in [-0.25, -0.2) is 8.42 Å². The summed E-state index contributed by atoms with van der Waals surface area (Å²) >= 11 is 1.40. The lowest BCUT2D eigenvalue weighted by Gasteiger charge is -2.15. The van der Waals surface area contributed by atoms with Crippen LogP contribution in [0.15, 0.2) is 16.3 Å². The van der Waals surface area contributed by atoms with Crippen molar-refractivity contribution in [3.63, 3.8) is 0 Å². The van der Waals surface area contributed by atoms with Crippen molar-refractivity contribution in [3.05, 3.63) is 17.0 Å². The lowest BCUT2D eigenvalue weighted by atomic mass is 10.3. The monoisotopic (exact) mass is 316 g/mol. The molecule has 4 nitrogen and oxygen atoms in total. The predicted molar refractivity (Wildman–Crippen MR) is 83.7 cm³/mol. The van der Waals surface area contributed by atoms with Gasteiger partial charge in [-0.05, 0) is 56.8 Å². The zero-order valence-electron chi connectivity index (χ0n) is 12.3. The number of rotatable bonds is 9. The van der Waals surface area contributed by atoms with E-state index in [1.165, 1.54) is 28.5 Å². The first-order valence-corrected chi connectivity index (χ1v) is 9.55. The fraction of sp³-hybridized carbons (Fsp3) is 0.714. The summed E-state index contributed by atoms with van der Waals surface area (Å²) in [4.78, 5) is 1.13. The molecule has 114 valence electrons. The van der Waals surface area contributed by atoms with E-state index in [0.29, 0.717) is 16.7 Å². The second kappa shape index (κ2) is 7.02. The van der Waals surface area contributed by atoms with Crippen LogP contribution in [0.25, 0.3) is 0 Å². The molecule has 0 saturated heterocycles. The zero-order chi connectivity index (χ0) is 14.6. The van der Waals surface area contributed by atoms with Gasteiger partial charge in [-0.15, -0.1) is 11.3 Å². The van der Waals surface area contributed by atoms with E-state index in [-0.39, 0.29) is 0 Å². The minimum atomic E-state index is -3.28. The Morgan fingerprint density at radius 1 is 1.35 bits per heavy atom. The highest BCUT2D eigenvalue weighted by Gasteiger charge is 2.29. The molecule has 0 spiro atoms. The standard InChI is InChI=1S/C14H24N2O2S2/c1-3-9-15-10-8-13-6-7-14(19-13)20(17,18)16(2)11-12-4-5-12/h6-7,12,15H,3-5,8-11H2,1-2H3. The quantitative estimate of drug-likeness (QED) is 0.711. The molecule has 6 heteroatoms. The fourth-order valence-corrected chi connectivity index (χ4v) is 4.87. The highest BCUT2D eigenvalue weighted by molar-refractivity contribution is 7.91.